The number of carbonyl (C=O) groups excluding carboxylic acids is 1. The summed E-state index contributed by atoms with van der Waals surface area (Å²) in [6, 6.07) is 19.1. The molecule has 6 nitrogen and oxygen atoms in total. The Morgan fingerprint density at radius 1 is 1.00 bits per heavy atom. The second-order valence-electron chi connectivity index (χ2n) is 7.46. The fourth-order valence-electron chi connectivity index (χ4n) is 3.25. The van der Waals surface area contributed by atoms with E-state index in [0.717, 1.165) is 11.1 Å². The van der Waals surface area contributed by atoms with Crippen LogP contribution >= 0.6 is 0 Å². The zero-order valence-electron chi connectivity index (χ0n) is 18.0. The van der Waals surface area contributed by atoms with Crippen LogP contribution in [-0.4, -0.2) is 33.4 Å². The van der Waals surface area contributed by atoms with E-state index in [0.29, 0.717) is 29.1 Å². The monoisotopic (exact) mass is 438 g/mol. The van der Waals surface area contributed by atoms with E-state index >= 15 is 0 Å². The van der Waals surface area contributed by atoms with E-state index in [1.807, 2.05) is 31.2 Å². The molecule has 3 rings (SSSR count). The van der Waals surface area contributed by atoms with E-state index in [2.05, 4.69) is 4.72 Å². The molecule has 0 spiro atoms. The molecule has 0 saturated heterocycles. The lowest BCUT2D eigenvalue weighted by Gasteiger charge is -2.19. The predicted octanol–water partition coefficient (Wildman–Crippen LogP) is 4.39. The van der Waals surface area contributed by atoms with Crippen LogP contribution in [0.2, 0.25) is 0 Å². The van der Waals surface area contributed by atoms with E-state index in [1.54, 1.807) is 49.2 Å². The Morgan fingerprint density at radius 3 is 2.32 bits per heavy atom. The van der Waals surface area contributed by atoms with Crippen molar-refractivity contribution in [1.29, 1.82) is 0 Å². The van der Waals surface area contributed by atoms with Gasteiger partial charge in [0.25, 0.3) is 15.9 Å². The van der Waals surface area contributed by atoms with Crippen molar-refractivity contribution in [2.45, 2.75) is 25.3 Å². The Labute approximate surface area is 183 Å². The van der Waals surface area contributed by atoms with Gasteiger partial charge in [-0.2, -0.15) is 0 Å². The summed E-state index contributed by atoms with van der Waals surface area (Å²) in [5.41, 5.74) is 3.78. The summed E-state index contributed by atoms with van der Waals surface area (Å²) in [5.74, 6) is 0.446. The zero-order valence-corrected chi connectivity index (χ0v) is 18.9. The molecular weight excluding hydrogens is 412 g/mol. The lowest BCUT2D eigenvalue weighted by molar-refractivity contribution is 0.0785. The number of carbonyl (C=O) groups is 1. The molecule has 0 bridgehead atoms. The molecule has 0 aromatic heterocycles. The van der Waals surface area contributed by atoms with Crippen molar-refractivity contribution in [1.82, 2.24) is 4.90 Å². The molecule has 0 fully saturated rings. The van der Waals surface area contributed by atoms with Gasteiger partial charge in [-0.15, -0.1) is 0 Å². The third-order valence-electron chi connectivity index (χ3n) is 4.94. The largest absolute Gasteiger partial charge is 0.497 e. The van der Waals surface area contributed by atoms with Crippen molar-refractivity contribution >= 4 is 21.6 Å². The Balaban J connectivity index is 1.74. The molecule has 31 heavy (non-hydrogen) atoms. The molecule has 0 aliphatic rings. The van der Waals surface area contributed by atoms with Crippen LogP contribution in [0.25, 0.3) is 0 Å². The summed E-state index contributed by atoms with van der Waals surface area (Å²) >= 11 is 0. The van der Waals surface area contributed by atoms with Gasteiger partial charge in [-0.05, 0) is 67.4 Å². The fourth-order valence-corrected chi connectivity index (χ4v) is 4.38. The Bertz CT molecular complexity index is 1190. The average molecular weight is 439 g/mol. The van der Waals surface area contributed by atoms with Crippen LogP contribution in [0.4, 0.5) is 5.69 Å². The summed E-state index contributed by atoms with van der Waals surface area (Å²) in [7, 11) is -0.486. The number of methoxy groups -OCH3 is 1. The summed E-state index contributed by atoms with van der Waals surface area (Å²) in [6.45, 7) is 4.27. The maximum Gasteiger partial charge on any atom is 0.261 e. The van der Waals surface area contributed by atoms with Gasteiger partial charge < -0.3 is 9.64 Å². The minimum absolute atomic E-state index is 0.130. The molecule has 1 amide bonds. The second kappa shape index (κ2) is 9.22. The highest BCUT2D eigenvalue weighted by Gasteiger charge is 2.18. The summed E-state index contributed by atoms with van der Waals surface area (Å²) in [5, 5.41) is 0. The zero-order chi connectivity index (χ0) is 22.6. The fraction of sp³-hybridized carbons (Fsp3) is 0.208. The summed E-state index contributed by atoms with van der Waals surface area (Å²) in [4.78, 5) is 14.6. The molecular formula is C24H26N2O4S. The molecule has 162 valence electrons. The number of nitrogens with one attached hydrogen (secondary N) is 1. The SMILES string of the molecule is COc1ccc(S(=O)(=O)Nc2ccc(C(=O)N(C)Cc3cccc(C)c3)cc2C)cc1. The van der Waals surface area contributed by atoms with Gasteiger partial charge in [-0.25, -0.2) is 8.42 Å². The second-order valence-corrected chi connectivity index (χ2v) is 9.14. The molecule has 0 unspecified atom stereocenters. The first kappa shape index (κ1) is 22.4. The van der Waals surface area contributed by atoms with Crippen molar-refractivity contribution in [3.05, 3.63) is 89.0 Å². The first-order valence-corrected chi connectivity index (χ1v) is 11.3. The first-order valence-electron chi connectivity index (χ1n) is 9.78. The minimum Gasteiger partial charge on any atom is -0.497 e. The predicted molar refractivity (Wildman–Crippen MR) is 122 cm³/mol. The maximum absolute atomic E-state index is 12.8. The molecule has 0 aliphatic heterocycles. The molecule has 0 atom stereocenters. The Morgan fingerprint density at radius 2 is 1.71 bits per heavy atom. The lowest BCUT2D eigenvalue weighted by Crippen LogP contribution is -2.26. The van der Waals surface area contributed by atoms with E-state index in [9.17, 15) is 13.2 Å². The van der Waals surface area contributed by atoms with Crippen LogP contribution in [-0.2, 0) is 16.6 Å². The highest BCUT2D eigenvalue weighted by atomic mass is 32.2. The number of ether oxygens (including phenoxy) is 1. The molecule has 3 aromatic carbocycles. The third-order valence-corrected chi connectivity index (χ3v) is 6.32. The number of sulfonamides is 1. The molecule has 0 heterocycles. The van der Waals surface area contributed by atoms with Crippen molar-refractivity contribution in [3.63, 3.8) is 0 Å². The van der Waals surface area contributed by atoms with Gasteiger partial charge in [0.15, 0.2) is 0 Å². The molecule has 0 aliphatic carbocycles. The number of benzene rings is 3. The van der Waals surface area contributed by atoms with Crippen molar-refractivity contribution in [2.75, 3.05) is 18.9 Å². The van der Waals surface area contributed by atoms with Crippen molar-refractivity contribution in [2.24, 2.45) is 0 Å². The Kier molecular flexibility index (Phi) is 6.65. The van der Waals surface area contributed by atoms with Crippen LogP contribution in [0.15, 0.2) is 71.6 Å². The van der Waals surface area contributed by atoms with Gasteiger partial charge in [-0.1, -0.05) is 29.8 Å². The maximum atomic E-state index is 12.8. The molecule has 1 N–H and O–H groups in total. The van der Waals surface area contributed by atoms with E-state index in [1.165, 1.54) is 19.2 Å². The van der Waals surface area contributed by atoms with Crippen LogP contribution < -0.4 is 9.46 Å². The average Bonchev–Trinajstić information content (AvgIpc) is 2.74. The van der Waals surface area contributed by atoms with E-state index < -0.39 is 10.0 Å². The van der Waals surface area contributed by atoms with E-state index in [-0.39, 0.29) is 10.8 Å². The molecule has 0 saturated carbocycles. The van der Waals surface area contributed by atoms with Gasteiger partial charge >= 0.3 is 0 Å². The topological polar surface area (TPSA) is 75.7 Å². The highest BCUT2D eigenvalue weighted by Crippen LogP contribution is 2.23. The Hall–Kier alpha value is -3.32. The van der Waals surface area contributed by atoms with Gasteiger partial charge in [0.05, 0.1) is 17.7 Å². The standard InChI is InChI=1S/C24H26N2O4S/c1-17-6-5-7-19(14-17)16-26(3)24(27)20-8-13-23(18(2)15-20)25-31(28,29)22-11-9-21(30-4)10-12-22/h5-15,25H,16H2,1-4H3. The van der Waals surface area contributed by atoms with Crippen molar-refractivity contribution < 1.29 is 17.9 Å². The number of hydrogen-bond donors (Lipinski definition) is 1. The van der Waals surface area contributed by atoms with Crippen LogP contribution in [0.1, 0.15) is 27.0 Å². The molecule has 7 heteroatoms. The van der Waals surface area contributed by atoms with Crippen LogP contribution in [0.5, 0.6) is 5.75 Å². The van der Waals surface area contributed by atoms with Crippen molar-refractivity contribution in [3.8, 4) is 5.75 Å². The number of hydrogen-bond acceptors (Lipinski definition) is 4. The van der Waals surface area contributed by atoms with Gasteiger partial charge in [0.2, 0.25) is 0 Å². The minimum atomic E-state index is -3.76. The molecule has 0 radical (unpaired) electrons. The third kappa shape index (κ3) is 5.44. The smallest absolute Gasteiger partial charge is 0.261 e. The van der Waals surface area contributed by atoms with E-state index in [4.69, 9.17) is 4.74 Å². The van der Waals surface area contributed by atoms with Crippen LogP contribution in [0.3, 0.4) is 0 Å². The number of rotatable bonds is 7. The molecule has 3 aromatic rings. The number of aryl methyl sites for hydroxylation is 2. The normalized spacial score (nSPS) is 11.1. The number of amides is 1. The van der Waals surface area contributed by atoms with Gasteiger partial charge in [0.1, 0.15) is 5.75 Å². The quantitative estimate of drug-likeness (QED) is 0.594. The van der Waals surface area contributed by atoms with Gasteiger partial charge in [0, 0.05) is 19.2 Å². The number of nitrogens with zero attached hydrogens (tertiary/aromatic N) is 1. The summed E-state index contributed by atoms with van der Waals surface area (Å²) < 4.78 is 33.0. The highest BCUT2D eigenvalue weighted by molar-refractivity contribution is 7.92. The van der Waals surface area contributed by atoms with Crippen LogP contribution in [0, 0.1) is 13.8 Å². The first-order chi connectivity index (χ1) is 14.7. The lowest BCUT2D eigenvalue weighted by atomic mass is 10.1. The summed E-state index contributed by atoms with van der Waals surface area (Å²) in [6.07, 6.45) is 0. The number of anilines is 1. The van der Waals surface area contributed by atoms with Gasteiger partial charge in [-0.3, -0.25) is 9.52 Å².